The van der Waals surface area contributed by atoms with Crippen LogP contribution in [0.4, 0.5) is 0 Å². The Morgan fingerprint density at radius 3 is 2.61 bits per heavy atom. The number of aromatic nitrogens is 1. The van der Waals surface area contributed by atoms with Crippen molar-refractivity contribution in [2.24, 2.45) is 0 Å². The molecule has 0 saturated carbocycles. The van der Waals surface area contributed by atoms with Crippen LogP contribution in [0, 0.1) is 0 Å². The van der Waals surface area contributed by atoms with Gasteiger partial charge in [0.15, 0.2) is 0 Å². The molecular weight excluding hydrogens is 372 g/mol. The molecule has 28 heavy (non-hydrogen) atoms. The first-order valence-electron chi connectivity index (χ1n) is 9.16. The number of hydrogen-bond donors (Lipinski definition) is 0. The Kier molecular flexibility index (Phi) is 5.39. The van der Waals surface area contributed by atoms with Crippen LogP contribution in [-0.2, 0) is 11.3 Å². The average molecular weight is 394 g/mol. The number of amides is 1. The van der Waals surface area contributed by atoms with E-state index in [2.05, 4.69) is 11.1 Å². The summed E-state index contributed by atoms with van der Waals surface area (Å²) in [5, 5.41) is 1.04. The monoisotopic (exact) mass is 394 g/mol. The summed E-state index contributed by atoms with van der Waals surface area (Å²) in [5.74, 6) is 2.42. The quantitative estimate of drug-likeness (QED) is 0.641. The highest BCUT2D eigenvalue weighted by molar-refractivity contribution is 7.99. The summed E-state index contributed by atoms with van der Waals surface area (Å²) >= 11 is 1.80. The predicted octanol–water partition coefficient (Wildman–Crippen LogP) is 4.42. The van der Waals surface area contributed by atoms with Crippen LogP contribution in [0.2, 0.25) is 0 Å². The molecule has 1 aliphatic heterocycles. The van der Waals surface area contributed by atoms with E-state index in [0.29, 0.717) is 13.0 Å². The molecular formula is C22H22N2O3S. The number of thioether (sulfide) groups is 1. The number of rotatable bonds is 5. The molecule has 0 N–H and O–H groups in total. The SMILES string of the molecule is COc1cc(CN2C(=O)CCSC2c2ccnc3ccccc23)cc(OC)c1. The van der Waals surface area contributed by atoms with Crippen molar-refractivity contribution in [3.05, 3.63) is 65.9 Å². The van der Waals surface area contributed by atoms with Crippen molar-refractivity contribution >= 4 is 28.6 Å². The van der Waals surface area contributed by atoms with Crippen molar-refractivity contribution in [2.75, 3.05) is 20.0 Å². The van der Waals surface area contributed by atoms with Crippen molar-refractivity contribution in [3.8, 4) is 11.5 Å². The fraction of sp³-hybridized carbons (Fsp3) is 0.273. The summed E-state index contributed by atoms with van der Waals surface area (Å²) < 4.78 is 10.8. The molecule has 1 unspecified atom stereocenters. The second kappa shape index (κ2) is 8.10. The normalized spacial score (nSPS) is 17.0. The number of fused-ring (bicyclic) bond motifs is 1. The lowest BCUT2D eigenvalue weighted by molar-refractivity contribution is -0.132. The van der Waals surface area contributed by atoms with Gasteiger partial charge in [0.1, 0.15) is 16.9 Å². The Bertz CT molecular complexity index is 980. The fourth-order valence-electron chi connectivity index (χ4n) is 3.54. The molecule has 0 spiro atoms. The number of benzene rings is 2. The number of pyridine rings is 1. The second-order valence-electron chi connectivity index (χ2n) is 6.63. The summed E-state index contributed by atoms with van der Waals surface area (Å²) in [4.78, 5) is 19.3. The number of methoxy groups -OCH3 is 2. The standard InChI is InChI=1S/C22H22N2O3S/c1-26-16-11-15(12-17(13-16)27-2)14-24-21(25)8-10-28-22(24)19-7-9-23-20-6-4-3-5-18(19)20/h3-7,9,11-13,22H,8,10,14H2,1-2H3. The lowest BCUT2D eigenvalue weighted by Gasteiger charge is -2.36. The lowest BCUT2D eigenvalue weighted by atomic mass is 10.1. The molecule has 144 valence electrons. The Morgan fingerprint density at radius 2 is 1.86 bits per heavy atom. The third kappa shape index (κ3) is 3.64. The van der Waals surface area contributed by atoms with Crippen LogP contribution in [-0.4, -0.2) is 35.8 Å². The van der Waals surface area contributed by atoms with Gasteiger partial charge < -0.3 is 14.4 Å². The Morgan fingerprint density at radius 1 is 1.11 bits per heavy atom. The van der Waals surface area contributed by atoms with Gasteiger partial charge in [-0.2, -0.15) is 0 Å². The molecule has 1 atom stereocenters. The van der Waals surface area contributed by atoms with Gasteiger partial charge in [-0.05, 0) is 35.4 Å². The summed E-state index contributed by atoms with van der Waals surface area (Å²) in [6.45, 7) is 0.501. The first kappa shape index (κ1) is 18.6. The minimum Gasteiger partial charge on any atom is -0.497 e. The van der Waals surface area contributed by atoms with Gasteiger partial charge in [0.2, 0.25) is 5.91 Å². The molecule has 2 heterocycles. The van der Waals surface area contributed by atoms with E-state index >= 15 is 0 Å². The lowest BCUT2D eigenvalue weighted by Crippen LogP contribution is -2.36. The smallest absolute Gasteiger partial charge is 0.224 e. The minimum atomic E-state index is -0.0497. The maximum absolute atomic E-state index is 12.9. The maximum Gasteiger partial charge on any atom is 0.224 e. The molecule has 1 saturated heterocycles. The Balaban J connectivity index is 1.72. The van der Waals surface area contributed by atoms with E-state index in [0.717, 1.165) is 39.3 Å². The van der Waals surface area contributed by atoms with Crippen LogP contribution >= 0.6 is 11.8 Å². The van der Waals surface area contributed by atoms with Gasteiger partial charge in [0.05, 0.1) is 19.7 Å². The molecule has 1 aliphatic rings. The van der Waals surface area contributed by atoms with Crippen molar-refractivity contribution < 1.29 is 14.3 Å². The van der Waals surface area contributed by atoms with Gasteiger partial charge >= 0.3 is 0 Å². The number of ether oxygens (including phenoxy) is 2. The molecule has 1 fully saturated rings. The highest BCUT2D eigenvalue weighted by Gasteiger charge is 2.31. The van der Waals surface area contributed by atoms with Crippen molar-refractivity contribution in [2.45, 2.75) is 18.3 Å². The zero-order chi connectivity index (χ0) is 19.5. The number of nitrogens with zero attached hydrogens (tertiary/aromatic N) is 2. The molecule has 0 bridgehead atoms. The summed E-state index contributed by atoms with van der Waals surface area (Å²) in [6, 6.07) is 15.9. The molecule has 6 heteroatoms. The van der Waals surface area contributed by atoms with Crippen LogP contribution in [0.1, 0.15) is 22.9 Å². The first-order valence-corrected chi connectivity index (χ1v) is 10.2. The molecule has 4 rings (SSSR count). The maximum atomic E-state index is 12.9. The fourth-order valence-corrected chi connectivity index (χ4v) is 4.81. The minimum absolute atomic E-state index is 0.0497. The van der Waals surface area contributed by atoms with E-state index in [1.807, 2.05) is 53.6 Å². The van der Waals surface area contributed by atoms with Gasteiger partial charge in [-0.15, -0.1) is 11.8 Å². The Hall–Kier alpha value is -2.73. The van der Waals surface area contributed by atoms with Gasteiger partial charge in [-0.25, -0.2) is 0 Å². The number of hydrogen-bond acceptors (Lipinski definition) is 5. The van der Waals surface area contributed by atoms with Crippen LogP contribution in [0.3, 0.4) is 0 Å². The molecule has 0 radical (unpaired) electrons. The van der Waals surface area contributed by atoms with Gasteiger partial charge in [0, 0.05) is 36.4 Å². The van der Waals surface area contributed by atoms with E-state index in [4.69, 9.17) is 9.47 Å². The molecule has 2 aromatic carbocycles. The summed E-state index contributed by atoms with van der Waals surface area (Å²) in [7, 11) is 3.26. The molecule has 1 amide bonds. The molecule has 3 aromatic rings. The van der Waals surface area contributed by atoms with Crippen molar-refractivity contribution in [1.82, 2.24) is 9.88 Å². The molecule has 0 aliphatic carbocycles. The number of carbonyl (C=O) groups excluding carboxylic acids is 1. The number of carbonyl (C=O) groups is 1. The van der Waals surface area contributed by atoms with Crippen molar-refractivity contribution in [3.63, 3.8) is 0 Å². The van der Waals surface area contributed by atoms with E-state index in [9.17, 15) is 4.79 Å². The van der Waals surface area contributed by atoms with E-state index < -0.39 is 0 Å². The third-order valence-electron chi connectivity index (χ3n) is 4.91. The highest BCUT2D eigenvalue weighted by Crippen LogP contribution is 2.41. The van der Waals surface area contributed by atoms with Gasteiger partial charge in [-0.1, -0.05) is 18.2 Å². The van der Waals surface area contributed by atoms with Crippen molar-refractivity contribution in [1.29, 1.82) is 0 Å². The van der Waals surface area contributed by atoms with Crippen LogP contribution in [0.15, 0.2) is 54.7 Å². The zero-order valence-corrected chi connectivity index (χ0v) is 16.7. The molecule has 5 nitrogen and oxygen atoms in total. The van der Waals surface area contributed by atoms with E-state index in [1.54, 1.807) is 26.0 Å². The number of para-hydroxylation sites is 1. The predicted molar refractivity (Wildman–Crippen MR) is 112 cm³/mol. The Labute approximate surface area is 168 Å². The third-order valence-corrected chi connectivity index (χ3v) is 6.17. The molecule has 1 aromatic heterocycles. The highest BCUT2D eigenvalue weighted by atomic mass is 32.2. The van der Waals surface area contributed by atoms with E-state index in [1.165, 1.54) is 0 Å². The van der Waals surface area contributed by atoms with Gasteiger partial charge in [-0.3, -0.25) is 9.78 Å². The summed E-state index contributed by atoms with van der Waals surface area (Å²) in [6.07, 6.45) is 2.37. The second-order valence-corrected chi connectivity index (χ2v) is 7.82. The van der Waals surface area contributed by atoms with Gasteiger partial charge in [0.25, 0.3) is 0 Å². The van der Waals surface area contributed by atoms with Crippen LogP contribution < -0.4 is 9.47 Å². The average Bonchev–Trinajstić information content (AvgIpc) is 2.74. The van der Waals surface area contributed by atoms with E-state index in [-0.39, 0.29) is 11.3 Å². The zero-order valence-electron chi connectivity index (χ0n) is 15.9. The van der Waals surface area contributed by atoms with Crippen LogP contribution in [0.5, 0.6) is 11.5 Å². The largest absolute Gasteiger partial charge is 0.497 e. The topological polar surface area (TPSA) is 51.7 Å². The summed E-state index contributed by atoms with van der Waals surface area (Å²) in [5.41, 5.74) is 3.05. The first-order chi connectivity index (χ1) is 13.7. The van der Waals surface area contributed by atoms with Crippen LogP contribution in [0.25, 0.3) is 10.9 Å².